The first kappa shape index (κ1) is 17.1. The highest BCUT2D eigenvalue weighted by atomic mass is 32.2. The predicted molar refractivity (Wildman–Crippen MR) is 83.9 cm³/mol. The third-order valence-electron chi connectivity index (χ3n) is 2.71. The van der Waals surface area contributed by atoms with Crippen LogP contribution >= 0.6 is 0 Å². The third-order valence-corrected chi connectivity index (χ3v) is 4.04. The van der Waals surface area contributed by atoms with Gasteiger partial charge in [0.05, 0.1) is 5.75 Å². The first-order valence-corrected chi connectivity index (χ1v) is 8.18. The minimum absolute atomic E-state index is 0.0533. The van der Waals surface area contributed by atoms with Crippen LogP contribution in [0.15, 0.2) is 48.6 Å². The van der Waals surface area contributed by atoms with Crippen LogP contribution in [0.5, 0.6) is 0 Å². The molecule has 0 aromatic heterocycles. The van der Waals surface area contributed by atoms with E-state index in [4.69, 9.17) is 0 Å². The van der Waals surface area contributed by atoms with E-state index in [9.17, 15) is 13.2 Å². The van der Waals surface area contributed by atoms with Crippen molar-refractivity contribution in [2.45, 2.75) is 19.2 Å². The Kier molecular flexibility index (Phi) is 6.84. The third kappa shape index (κ3) is 6.87. The van der Waals surface area contributed by atoms with Gasteiger partial charge in [0.25, 0.3) is 0 Å². The Labute approximate surface area is 125 Å². The quantitative estimate of drug-likeness (QED) is 0.592. The maximum Gasteiger partial charge on any atom is 0.244 e. The number of hydrogen-bond acceptors (Lipinski definition) is 3. The molecule has 0 unspecified atom stereocenters. The summed E-state index contributed by atoms with van der Waals surface area (Å²) in [6.45, 7) is 2.27. The van der Waals surface area contributed by atoms with E-state index in [1.807, 2.05) is 13.0 Å². The standard InChI is InChI=1S/C15H20N2O3S/c1-3-4-5-6-15(18)17-11-13-7-9-14(10-8-13)12-21(19,20)16-2/h3-10,16H,11-12H2,1-2H3,(H,17,18)/b4-3+,6-5+. The van der Waals surface area contributed by atoms with Crippen LogP contribution in [0.2, 0.25) is 0 Å². The molecular weight excluding hydrogens is 288 g/mol. The second-order valence-electron chi connectivity index (χ2n) is 4.38. The summed E-state index contributed by atoms with van der Waals surface area (Å²) in [6.07, 6.45) is 6.73. The highest BCUT2D eigenvalue weighted by Crippen LogP contribution is 2.07. The van der Waals surface area contributed by atoms with Crippen LogP contribution in [0.3, 0.4) is 0 Å². The molecule has 0 saturated heterocycles. The highest BCUT2D eigenvalue weighted by molar-refractivity contribution is 7.88. The molecule has 2 N–H and O–H groups in total. The molecule has 0 aliphatic carbocycles. The van der Waals surface area contributed by atoms with Crippen molar-refractivity contribution in [1.82, 2.24) is 10.0 Å². The summed E-state index contributed by atoms with van der Waals surface area (Å²) in [7, 11) is -1.87. The maximum atomic E-state index is 11.5. The Morgan fingerprint density at radius 3 is 2.33 bits per heavy atom. The number of rotatable bonds is 7. The Morgan fingerprint density at radius 2 is 1.76 bits per heavy atom. The van der Waals surface area contributed by atoms with E-state index in [-0.39, 0.29) is 11.7 Å². The lowest BCUT2D eigenvalue weighted by atomic mass is 10.1. The lowest BCUT2D eigenvalue weighted by molar-refractivity contribution is -0.116. The van der Waals surface area contributed by atoms with Crippen LogP contribution in [0, 0.1) is 0 Å². The first-order valence-electron chi connectivity index (χ1n) is 6.53. The molecular formula is C15H20N2O3S. The van der Waals surface area contributed by atoms with Crippen LogP contribution in [0.1, 0.15) is 18.1 Å². The molecule has 0 aliphatic heterocycles. The van der Waals surface area contributed by atoms with Gasteiger partial charge in [-0.3, -0.25) is 4.79 Å². The maximum absolute atomic E-state index is 11.5. The molecule has 0 heterocycles. The van der Waals surface area contributed by atoms with Gasteiger partial charge in [-0.1, -0.05) is 42.5 Å². The first-order chi connectivity index (χ1) is 9.96. The summed E-state index contributed by atoms with van der Waals surface area (Å²) in [6, 6.07) is 7.09. The fourth-order valence-electron chi connectivity index (χ4n) is 1.55. The molecule has 1 aromatic carbocycles. The van der Waals surface area contributed by atoms with Gasteiger partial charge in [-0.15, -0.1) is 0 Å². The summed E-state index contributed by atoms with van der Waals surface area (Å²) < 4.78 is 25.1. The summed E-state index contributed by atoms with van der Waals surface area (Å²) in [5.41, 5.74) is 1.61. The Balaban J connectivity index is 2.53. The molecule has 0 fully saturated rings. The number of nitrogens with one attached hydrogen (secondary N) is 2. The van der Waals surface area contributed by atoms with Crippen molar-refractivity contribution in [3.05, 3.63) is 59.7 Å². The summed E-state index contributed by atoms with van der Waals surface area (Å²) >= 11 is 0. The number of carbonyl (C=O) groups is 1. The number of amides is 1. The normalized spacial score (nSPS) is 12.1. The van der Waals surface area contributed by atoms with Crippen molar-refractivity contribution in [3.63, 3.8) is 0 Å². The highest BCUT2D eigenvalue weighted by Gasteiger charge is 2.08. The van der Waals surface area contributed by atoms with Gasteiger partial charge in [-0.05, 0) is 25.1 Å². The zero-order valence-corrected chi connectivity index (χ0v) is 13.0. The lowest BCUT2D eigenvalue weighted by Crippen LogP contribution is -2.21. The molecule has 21 heavy (non-hydrogen) atoms. The van der Waals surface area contributed by atoms with Gasteiger partial charge < -0.3 is 5.32 Å². The van der Waals surface area contributed by atoms with Crippen LogP contribution in [0.25, 0.3) is 0 Å². The van der Waals surface area contributed by atoms with E-state index >= 15 is 0 Å². The fraction of sp³-hybridized carbons (Fsp3) is 0.267. The lowest BCUT2D eigenvalue weighted by Gasteiger charge is -2.05. The van der Waals surface area contributed by atoms with Gasteiger partial charge in [0, 0.05) is 12.6 Å². The SMILES string of the molecule is C/C=C/C=C/C(=O)NCc1ccc(CS(=O)(=O)NC)cc1. The van der Waals surface area contributed by atoms with Gasteiger partial charge in [-0.25, -0.2) is 13.1 Å². The Hall–Kier alpha value is -1.92. The van der Waals surface area contributed by atoms with Crippen molar-refractivity contribution < 1.29 is 13.2 Å². The molecule has 0 spiro atoms. The zero-order chi connectivity index (χ0) is 15.7. The average molecular weight is 308 g/mol. The van der Waals surface area contributed by atoms with Gasteiger partial charge >= 0.3 is 0 Å². The molecule has 0 atom stereocenters. The molecule has 6 heteroatoms. The molecule has 1 amide bonds. The smallest absolute Gasteiger partial charge is 0.244 e. The molecule has 1 rings (SSSR count). The largest absolute Gasteiger partial charge is 0.348 e. The number of benzene rings is 1. The monoisotopic (exact) mass is 308 g/mol. The molecule has 0 radical (unpaired) electrons. The fourth-order valence-corrected chi connectivity index (χ4v) is 2.32. The average Bonchev–Trinajstić information content (AvgIpc) is 2.46. The van der Waals surface area contributed by atoms with Crippen LogP contribution < -0.4 is 10.0 Å². The molecule has 0 saturated carbocycles. The zero-order valence-electron chi connectivity index (χ0n) is 12.2. The van der Waals surface area contributed by atoms with E-state index < -0.39 is 10.0 Å². The van der Waals surface area contributed by atoms with E-state index in [2.05, 4.69) is 10.0 Å². The van der Waals surface area contributed by atoms with E-state index in [0.29, 0.717) is 12.1 Å². The van der Waals surface area contributed by atoms with Gasteiger partial charge in [0.15, 0.2) is 0 Å². The van der Waals surface area contributed by atoms with Gasteiger partial charge in [-0.2, -0.15) is 0 Å². The molecule has 0 bridgehead atoms. The second-order valence-corrected chi connectivity index (χ2v) is 6.31. The Bertz CT molecular complexity index is 617. The van der Waals surface area contributed by atoms with Crippen LogP contribution in [-0.2, 0) is 27.1 Å². The minimum atomic E-state index is -3.26. The molecule has 114 valence electrons. The van der Waals surface area contributed by atoms with Crippen molar-refractivity contribution in [2.75, 3.05) is 7.05 Å². The molecule has 5 nitrogen and oxygen atoms in total. The van der Waals surface area contributed by atoms with Crippen molar-refractivity contribution in [2.24, 2.45) is 0 Å². The predicted octanol–water partition coefficient (Wildman–Crippen LogP) is 1.48. The van der Waals surface area contributed by atoms with Crippen molar-refractivity contribution in [1.29, 1.82) is 0 Å². The van der Waals surface area contributed by atoms with Crippen molar-refractivity contribution in [3.8, 4) is 0 Å². The van der Waals surface area contributed by atoms with Crippen molar-refractivity contribution >= 4 is 15.9 Å². The molecule has 1 aromatic rings. The number of sulfonamides is 1. The van der Waals surface area contributed by atoms with E-state index in [1.54, 1.807) is 36.4 Å². The van der Waals surface area contributed by atoms with Gasteiger partial charge in [0.2, 0.25) is 15.9 Å². The number of allylic oxidation sites excluding steroid dienone is 3. The van der Waals surface area contributed by atoms with Crippen LogP contribution in [-0.4, -0.2) is 21.4 Å². The summed E-state index contributed by atoms with van der Waals surface area (Å²) in [4.78, 5) is 11.5. The number of carbonyl (C=O) groups excluding carboxylic acids is 1. The minimum Gasteiger partial charge on any atom is -0.348 e. The summed E-state index contributed by atoms with van der Waals surface area (Å²) in [5.74, 6) is -0.225. The van der Waals surface area contributed by atoms with E-state index in [0.717, 1.165) is 5.56 Å². The van der Waals surface area contributed by atoms with Gasteiger partial charge in [0.1, 0.15) is 0 Å². The van der Waals surface area contributed by atoms with E-state index in [1.165, 1.54) is 13.1 Å². The Morgan fingerprint density at radius 1 is 1.14 bits per heavy atom. The van der Waals surface area contributed by atoms with Crippen LogP contribution in [0.4, 0.5) is 0 Å². The molecule has 0 aliphatic rings. The number of hydrogen-bond donors (Lipinski definition) is 2. The second kappa shape index (κ2) is 8.39. The topological polar surface area (TPSA) is 75.3 Å². The summed E-state index contributed by atoms with van der Waals surface area (Å²) in [5, 5.41) is 2.75.